The highest BCUT2D eigenvalue weighted by Crippen LogP contribution is 2.26. The van der Waals surface area contributed by atoms with E-state index in [4.69, 9.17) is 4.74 Å². The Morgan fingerprint density at radius 1 is 1.23 bits per heavy atom. The Labute approximate surface area is 159 Å². The molecule has 1 aliphatic heterocycles. The van der Waals surface area contributed by atoms with Gasteiger partial charge in [0.05, 0.1) is 12.8 Å². The van der Waals surface area contributed by atoms with Gasteiger partial charge in [0.15, 0.2) is 5.50 Å². The van der Waals surface area contributed by atoms with Crippen molar-refractivity contribution in [2.45, 2.75) is 31.7 Å². The lowest BCUT2D eigenvalue weighted by atomic mass is 10.0. The van der Waals surface area contributed by atoms with E-state index in [9.17, 15) is 4.79 Å². The van der Waals surface area contributed by atoms with Gasteiger partial charge in [-0.1, -0.05) is 54.2 Å². The molecule has 0 aliphatic carbocycles. The predicted octanol–water partition coefficient (Wildman–Crippen LogP) is 4.06. The first kappa shape index (κ1) is 18.4. The van der Waals surface area contributed by atoms with Crippen molar-refractivity contribution in [1.82, 2.24) is 10.6 Å². The lowest BCUT2D eigenvalue weighted by Gasteiger charge is -2.15. The van der Waals surface area contributed by atoms with Gasteiger partial charge < -0.3 is 15.4 Å². The third-order valence-electron chi connectivity index (χ3n) is 4.31. The highest BCUT2D eigenvalue weighted by Gasteiger charge is 2.19. The number of thioether (sulfide) groups is 1. The first-order valence-electron chi connectivity index (χ1n) is 8.76. The van der Waals surface area contributed by atoms with E-state index in [2.05, 4.69) is 40.3 Å². The molecule has 0 saturated heterocycles. The van der Waals surface area contributed by atoms with Crippen LogP contribution in [0.15, 0.2) is 53.9 Å². The zero-order valence-corrected chi connectivity index (χ0v) is 15.9. The lowest BCUT2D eigenvalue weighted by Crippen LogP contribution is -2.39. The van der Waals surface area contributed by atoms with Crippen LogP contribution in [0.25, 0.3) is 5.70 Å². The van der Waals surface area contributed by atoms with Gasteiger partial charge >= 0.3 is 0 Å². The number of hydrogen-bond donors (Lipinski definition) is 2. The summed E-state index contributed by atoms with van der Waals surface area (Å²) in [5.41, 5.74) is 4.44. The average Bonchev–Trinajstić information content (AvgIpc) is 3.11. The maximum absolute atomic E-state index is 12.2. The van der Waals surface area contributed by atoms with Crippen LogP contribution in [0.2, 0.25) is 0 Å². The minimum absolute atomic E-state index is 0.0722. The van der Waals surface area contributed by atoms with Crippen molar-refractivity contribution < 1.29 is 9.53 Å². The second-order valence-corrected chi connectivity index (χ2v) is 7.26. The number of methoxy groups -OCH3 is 1. The van der Waals surface area contributed by atoms with Crippen LogP contribution in [-0.4, -0.2) is 18.5 Å². The van der Waals surface area contributed by atoms with Crippen LogP contribution < -0.4 is 15.4 Å². The molecule has 0 spiro atoms. The largest absolute Gasteiger partial charge is 0.496 e. The first-order chi connectivity index (χ1) is 12.7. The molecule has 1 atom stereocenters. The molecule has 2 aromatic carbocycles. The number of benzene rings is 2. The Bertz CT molecular complexity index is 790. The highest BCUT2D eigenvalue weighted by molar-refractivity contribution is 8.03. The molecule has 26 heavy (non-hydrogen) atoms. The van der Waals surface area contributed by atoms with E-state index in [1.54, 1.807) is 18.9 Å². The number of nitrogens with one attached hydrogen (secondary N) is 2. The van der Waals surface area contributed by atoms with Crippen molar-refractivity contribution in [3.63, 3.8) is 0 Å². The molecule has 5 heteroatoms. The van der Waals surface area contributed by atoms with Crippen molar-refractivity contribution in [3.05, 3.63) is 70.6 Å². The molecule has 0 saturated carbocycles. The van der Waals surface area contributed by atoms with Gasteiger partial charge in [0, 0.05) is 6.42 Å². The monoisotopic (exact) mass is 368 g/mol. The fourth-order valence-electron chi connectivity index (χ4n) is 2.95. The number of carbonyl (C=O) groups excluding carboxylic acids is 1. The summed E-state index contributed by atoms with van der Waals surface area (Å²) in [4.78, 5) is 12.2. The molecule has 0 radical (unpaired) electrons. The summed E-state index contributed by atoms with van der Waals surface area (Å²) in [5.74, 6) is 0.973. The van der Waals surface area contributed by atoms with E-state index in [-0.39, 0.29) is 11.4 Å². The van der Waals surface area contributed by atoms with Gasteiger partial charge in [0.25, 0.3) is 0 Å². The number of rotatable bonds is 7. The number of carbonyl (C=O) groups is 1. The van der Waals surface area contributed by atoms with E-state index in [1.807, 2.05) is 31.2 Å². The van der Waals surface area contributed by atoms with Crippen molar-refractivity contribution in [2.24, 2.45) is 0 Å². The molecule has 1 heterocycles. The van der Waals surface area contributed by atoms with Gasteiger partial charge in [-0.05, 0) is 47.9 Å². The van der Waals surface area contributed by atoms with Crippen LogP contribution in [0.1, 0.15) is 29.5 Å². The Morgan fingerprint density at radius 3 is 2.77 bits per heavy atom. The molecule has 1 aliphatic rings. The summed E-state index contributed by atoms with van der Waals surface area (Å²) < 4.78 is 5.28. The second kappa shape index (κ2) is 8.81. The fraction of sp³-hybridized carbons (Fsp3) is 0.286. The molecule has 0 aromatic heterocycles. The lowest BCUT2D eigenvalue weighted by molar-refractivity contribution is -0.121. The third kappa shape index (κ3) is 4.82. The molecule has 0 bridgehead atoms. The van der Waals surface area contributed by atoms with Crippen molar-refractivity contribution in [2.75, 3.05) is 7.11 Å². The maximum Gasteiger partial charge on any atom is 0.222 e. The van der Waals surface area contributed by atoms with E-state index < -0.39 is 0 Å². The minimum Gasteiger partial charge on any atom is -0.496 e. The van der Waals surface area contributed by atoms with Gasteiger partial charge in [-0.25, -0.2) is 0 Å². The molecular formula is C21H24N2O2S. The van der Waals surface area contributed by atoms with Gasteiger partial charge in [-0.3, -0.25) is 4.79 Å². The normalized spacial score (nSPS) is 15.9. The second-order valence-electron chi connectivity index (χ2n) is 6.28. The number of amides is 1. The molecule has 3 rings (SSSR count). The Hall–Kier alpha value is -2.40. The summed E-state index contributed by atoms with van der Waals surface area (Å²) >= 11 is 1.59. The summed E-state index contributed by atoms with van der Waals surface area (Å²) in [5, 5.41) is 8.44. The molecule has 2 N–H and O–H groups in total. The quantitative estimate of drug-likeness (QED) is 0.774. The maximum atomic E-state index is 12.2. The van der Waals surface area contributed by atoms with E-state index >= 15 is 0 Å². The molecule has 1 amide bonds. The predicted molar refractivity (Wildman–Crippen MR) is 108 cm³/mol. The van der Waals surface area contributed by atoms with Crippen LogP contribution in [0.3, 0.4) is 0 Å². The number of aryl methyl sites for hydroxylation is 2. The van der Waals surface area contributed by atoms with Crippen LogP contribution in [-0.2, 0) is 11.2 Å². The summed E-state index contributed by atoms with van der Waals surface area (Å²) in [6.07, 6.45) is 2.23. The van der Waals surface area contributed by atoms with Crippen molar-refractivity contribution >= 4 is 23.4 Å². The zero-order chi connectivity index (χ0) is 18.4. The highest BCUT2D eigenvalue weighted by atomic mass is 32.2. The molecule has 0 unspecified atom stereocenters. The number of ether oxygens (including phenoxy) is 1. The van der Waals surface area contributed by atoms with Gasteiger partial charge in [-0.15, -0.1) is 0 Å². The van der Waals surface area contributed by atoms with E-state index in [0.29, 0.717) is 6.42 Å². The molecule has 136 valence electrons. The average molecular weight is 369 g/mol. The molecule has 4 nitrogen and oxygen atoms in total. The summed E-state index contributed by atoms with van der Waals surface area (Å²) in [7, 11) is 1.68. The third-order valence-corrected chi connectivity index (χ3v) is 5.19. The molecular weight excluding hydrogens is 344 g/mol. The minimum atomic E-state index is -0.0964. The van der Waals surface area contributed by atoms with Crippen LogP contribution in [0.5, 0.6) is 5.75 Å². The van der Waals surface area contributed by atoms with E-state index in [1.165, 1.54) is 5.56 Å². The van der Waals surface area contributed by atoms with Crippen molar-refractivity contribution in [3.8, 4) is 5.75 Å². The first-order valence-corrected chi connectivity index (χ1v) is 9.70. The SMILES string of the molecule is COc1ccc(CCCC(=O)N[C@@H]2NC(c3ccccc3)=CS2)cc1C. The van der Waals surface area contributed by atoms with Crippen LogP contribution in [0, 0.1) is 6.92 Å². The Kier molecular flexibility index (Phi) is 6.23. The van der Waals surface area contributed by atoms with Gasteiger partial charge in [0.2, 0.25) is 5.91 Å². The zero-order valence-electron chi connectivity index (χ0n) is 15.1. The molecule has 0 fully saturated rings. The summed E-state index contributed by atoms with van der Waals surface area (Å²) in [6.45, 7) is 2.04. The smallest absolute Gasteiger partial charge is 0.222 e. The van der Waals surface area contributed by atoms with E-state index in [0.717, 1.165) is 35.4 Å². The van der Waals surface area contributed by atoms with Crippen molar-refractivity contribution in [1.29, 1.82) is 0 Å². The van der Waals surface area contributed by atoms with Gasteiger partial charge in [0.1, 0.15) is 5.75 Å². The Balaban J connectivity index is 1.41. The molecule has 2 aromatic rings. The number of hydrogen-bond acceptors (Lipinski definition) is 4. The Morgan fingerprint density at radius 2 is 2.04 bits per heavy atom. The summed E-state index contributed by atoms with van der Waals surface area (Å²) in [6, 6.07) is 16.3. The fourth-order valence-corrected chi connectivity index (χ4v) is 3.82. The standard InChI is InChI=1S/C21H24N2O2S/c1-15-13-16(11-12-19(15)25-2)7-6-10-20(24)23-21-22-18(14-26-21)17-8-4-3-5-9-17/h3-5,8-9,11-14,21-22H,6-7,10H2,1-2H3,(H,23,24)/t21-/m0/s1. The topological polar surface area (TPSA) is 50.4 Å². The van der Waals surface area contributed by atoms with Gasteiger partial charge in [-0.2, -0.15) is 0 Å². The van der Waals surface area contributed by atoms with Crippen LogP contribution >= 0.6 is 11.8 Å². The van der Waals surface area contributed by atoms with Crippen LogP contribution in [0.4, 0.5) is 0 Å².